The van der Waals surface area contributed by atoms with Crippen molar-refractivity contribution in [2.45, 2.75) is 13.0 Å². The number of nitro benzene ring substituents is 1. The van der Waals surface area contributed by atoms with E-state index >= 15 is 0 Å². The lowest BCUT2D eigenvalue weighted by atomic mass is 10.1. The molecule has 1 atom stereocenters. The molecule has 0 saturated carbocycles. The van der Waals surface area contributed by atoms with Gasteiger partial charge in [0.2, 0.25) is 12.6 Å². The number of hydrogen-bond acceptors (Lipinski definition) is 7. The van der Waals surface area contributed by atoms with Crippen LogP contribution in [0.25, 0.3) is 6.08 Å². The molecule has 0 aromatic heterocycles. The summed E-state index contributed by atoms with van der Waals surface area (Å²) in [6.07, 6.45) is 1.20. The third-order valence-electron chi connectivity index (χ3n) is 3.91. The van der Waals surface area contributed by atoms with Gasteiger partial charge >= 0.3 is 5.97 Å². The SMILES string of the molecule is C[C@H](OC(=O)/C=C/c1cc2c(cc1[N+](=O)[O-])OCO2)C(=O)c1ccc(Cl)cc1. The highest BCUT2D eigenvalue weighted by Crippen LogP contribution is 2.38. The highest BCUT2D eigenvalue weighted by Gasteiger charge is 2.23. The Kier molecular flexibility index (Phi) is 5.60. The topological polar surface area (TPSA) is 105 Å². The second kappa shape index (κ2) is 8.10. The molecule has 0 saturated heterocycles. The zero-order chi connectivity index (χ0) is 20.3. The largest absolute Gasteiger partial charge is 0.454 e. The Bertz CT molecular complexity index is 969. The van der Waals surface area contributed by atoms with Gasteiger partial charge in [0.1, 0.15) is 0 Å². The normalized spacial score (nSPS) is 13.4. The van der Waals surface area contributed by atoms with Gasteiger partial charge in [0.25, 0.3) is 5.69 Å². The first kappa shape index (κ1) is 19.4. The van der Waals surface area contributed by atoms with Gasteiger partial charge in [-0.3, -0.25) is 14.9 Å². The minimum absolute atomic E-state index is 0.0357. The van der Waals surface area contributed by atoms with Gasteiger partial charge in [-0.15, -0.1) is 0 Å². The average molecular weight is 404 g/mol. The number of ketones is 1. The molecule has 3 rings (SSSR count). The lowest BCUT2D eigenvalue weighted by Gasteiger charge is -2.10. The van der Waals surface area contributed by atoms with E-state index in [-0.39, 0.29) is 23.8 Å². The number of nitrogens with zero attached hydrogens (tertiary/aromatic N) is 1. The summed E-state index contributed by atoms with van der Waals surface area (Å²) in [5.74, 6) is -0.618. The second-order valence-corrected chi connectivity index (χ2v) is 6.24. The van der Waals surface area contributed by atoms with E-state index in [1.54, 1.807) is 12.1 Å². The van der Waals surface area contributed by atoms with Crippen molar-refractivity contribution in [1.29, 1.82) is 0 Å². The average Bonchev–Trinajstić information content (AvgIpc) is 3.13. The minimum atomic E-state index is -1.04. The van der Waals surface area contributed by atoms with Gasteiger partial charge in [-0.2, -0.15) is 0 Å². The lowest BCUT2D eigenvalue weighted by Crippen LogP contribution is -2.23. The summed E-state index contributed by atoms with van der Waals surface area (Å²) >= 11 is 5.78. The number of esters is 1. The smallest absolute Gasteiger partial charge is 0.331 e. The summed E-state index contributed by atoms with van der Waals surface area (Å²) in [5, 5.41) is 11.7. The molecule has 144 valence electrons. The fourth-order valence-electron chi connectivity index (χ4n) is 2.51. The van der Waals surface area contributed by atoms with Crippen LogP contribution in [0.2, 0.25) is 5.02 Å². The summed E-state index contributed by atoms with van der Waals surface area (Å²) in [6.45, 7) is 1.40. The molecule has 28 heavy (non-hydrogen) atoms. The molecule has 0 radical (unpaired) electrons. The number of rotatable bonds is 6. The first-order valence-corrected chi connectivity index (χ1v) is 8.49. The van der Waals surface area contributed by atoms with E-state index in [1.807, 2.05) is 0 Å². The molecule has 0 fully saturated rings. The molecule has 8 nitrogen and oxygen atoms in total. The first-order valence-electron chi connectivity index (χ1n) is 8.11. The van der Waals surface area contributed by atoms with E-state index in [1.165, 1.54) is 37.3 Å². The summed E-state index contributed by atoms with van der Waals surface area (Å²) < 4.78 is 15.4. The van der Waals surface area contributed by atoms with Crippen molar-refractivity contribution < 1.29 is 28.7 Å². The predicted octanol–water partition coefficient (Wildman–Crippen LogP) is 3.80. The van der Waals surface area contributed by atoms with Crippen molar-refractivity contribution in [2.75, 3.05) is 6.79 Å². The first-order chi connectivity index (χ1) is 13.3. The van der Waals surface area contributed by atoms with Gasteiger partial charge in [0.05, 0.1) is 16.6 Å². The van der Waals surface area contributed by atoms with Crippen LogP contribution in [-0.2, 0) is 9.53 Å². The third-order valence-corrected chi connectivity index (χ3v) is 4.16. The number of carbonyl (C=O) groups is 2. The maximum Gasteiger partial charge on any atom is 0.331 e. The molecule has 0 bridgehead atoms. The zero-order valence-electron chi connectivity index (χ0n) is 14.6. The summed E-state index contributed by atoms with van der Waals surface area (Å²) in [4.78, 5) is 34.9. The van der Waals surface area contributed by atoms with Crippen molar-refractivity contribution in [2.24, 2.45) is 0 Å². The third kappa shape index (κ3) is 4.29. The standard InChI is InChI=1S/C19H14ClNO7/c1-11(19(23)12-2-5-14(20)6-3-12)28-18(22)7-4-13-8-16-17(27-10-26-16)9-15(13)21(24)25/h2-9,11H,10H2,1H3/b7-4+/t11-/m0/s1. The van der Waals surface area contributed by atoms with Gasteiger partial charge in [-0.05, 0) is 43.3 Å². The van der Waals surface area contributed by atoms with Gasteiger partial charge in [0, 0.05) is 16.7 Å². The van der Waals surface area contributed by atoms with Gasteiger partial charge in [0.15, 0.2) is 17.6 Å². The molecule has 0 aliphatic carbocycles. The molecule has 0 unspecified atom stereocenters. The number of fused-ring (bicyclic) bond motifs is 1. The van der Waals surface area contributed by atoms with Crippen molar-refractivity contribution >= 4 is 35.1 Å². The maximum absolute atomic E-state index is 12.3. The van der Waals surface area contributed by atoms with E-state index < -0.39 is 22.8 Å². The van der Waals surface area contributed by atoms with Gasteiger partial charge in [-0.25, -0.2) is 4.79 Å². The number of halogens is 1. The van der Waals surface area contributed by atoms with Crippen LogP contribution in [-0.4, -0.2) is 29.6 Å². The highest BCUT2D eigenvalue weighted by atomic mass is 35.5. The van der Waals surface area contributed by atoms with Crippen molar-refractivity contribution in [1.82, 2.24) is 0 Å². The fourth-order valence-corrected chi connectivity index (χ4v) is 2.64. The molecule has 1 aliphatic heterocycles. The Balaban J connectivity index is 1.71. The van der Waals surface area contributed by atoms with Gasteiger partial charge < -0.3 is 14.2 Å². The molecule has 1 aliphatic rings. The summed E-state index contributed by atoms with van der Waals surface area (Å²) in [5.41, 5.74) is 0.238. The highest BCUT2D eigenvalue weighted by molar-refractivity contribution is 6.30. The van der Waals surface area contributed by atoms with E-state index in [0.717, 1.165) is 6.08 Å². The molecule has 0 amide bonds. The second-order valence-electron chi connectivity index (χ2n) is 5.80. The van der Waals surface area contributed by atoms with Crippen molar-refractivity contribution in [3.63, 3.8) is 0 Å². The number of Topliss-reactive ketones (excluding diaryl/α,β-unsaturated/α-hetero) is 1. The van der Waals surface area contributed by atoms with E-state index in [2.05, 4.69) is 0 Å². The monoisotopic (exact) mass is 403 g/mol. The van der Waals surface area contributed by atoms with Crippen molar-refractivity contribution in [3.8, 4) is 11.5 Å². The molecule has 2 aromatic rings. The number of nitro groups is 1. The summed E-state index contributed by atoms with van der Waals surface area (Å²) in [7, 11) is 0. The van der Waals surface area contributed by atoms with E-state index in [0.29, 0.717) is 16.3 Å². The number of carbonyl (C=O) groups excluding carboxylic acids is 2. The molecule has 0 spiro atoms. The Morgan fingerprint density at radius 3 is 2.50 bits per heavy atom. The molecular formula is C19H14ClNO7. The fraction of sp³-hybridized carbons (Fsp3) is 0.158. The van der Waals surface area contributed by atoms with Crippen molar-refractivity contribution in [3.05, 3.63) is 68.7 Å². The van der Waals surface area contributed by atoms with Crippen LogP contribution in [0.5, 0.6) is 11.5 Å². The Morgan fingerprint density at radius 2 is 1.86 bits per heavy atom. The molecule has 9 heteroatoms. The Morgan fingerprint density at radius 1 is 1.21 bits per heavy atom. The Labute approximate surface area is 164 Å². The molecule has 0 N–H and O–H groups in total. The van der Waals surface area contributed by atoms with Crippen LogP contribution in [0.15, 0.2) is 42.5 Å². The maximum atomic E-state index is 12.3. The zero-order valence-corrected chi connectivity index (χ0v) is 15.3. The van der Waals surface area contributed by atoms with Crippen LogP contribution in [0, 0.1) is 10.1 Å². The van der Waals surface area contributed by atoms with Crippen LogP contribution in [0.1, 0.15) is 22.8 Å². The van der Waals surface area contributed by atoms with Crippen LogP contribution < -0.4 is 9.47 Å². The van der Waals surface area contributed by atoms with E-state index in [9.17, 15) is 19.7 Å². The van der Waals surface area contributed by atoms with Crippen LogP contribution in [0.4, 0.5) is 5.69 Å². The molecular weight excluding hydrogens is 390 g/mol. The quantitative estimate of drug-likeness (QED) is 0.237. The minimum Gasteiger partial charge on any atom is -0.454 e. The predicted molar refractivity (Wildman–Crippen MR) is 99.6 cm³/mol. The number of hydrogen-bond donors (Lipinski definition) is 0. The van der Waals surface area contributed by atoms with Crippen LogP contribution >= 0.6 is 11.6 Å². The Hall–Kier alpha value is -3.39. The lowest BCUT2D eigenvalue weighted by molar-refractivity contribution is -0.385. The molecule has 1 heterocycles. The van der Waals surface area contributed by atoms with Crippen LogP contribution in [0.3, 0.4) is 0 Å². The van der Waals surface area contributed by atoms with E-state index in [4.69, 9.17) is 25.8 Å². The summed E-state index contributed by atoms with van der Waals surface area (Å²) in [6, 6.07) is 8.79. The number of benzene rings is 2. The number of ether oxygens (including phenoxy) is 3. The molecule has 2 aromatic carbocycles. The van der Waals surface area contributed by atoms with Gasteiger partial charge in [-0.1, -0.05) is 11.6 Å².